The van der Waals surface area contributed by atoms with Crippen LogP contribution in [0.2, 0.25) is 0 Å². The number of sulfonamides is 1. The molecule has 1 saturated heterocycles. The van der Waals surface area contributed by atoms with Gasteiger partial charge >= 0.3 is 0 Å². The van der Waals surface area contributed by atoms with Crippen molar-refractivity contribution in [1.29, 1.82) is 0 Å². The van der Waals surface area contributed by atoms with Crippen LogP contribution in [0.15, 0.2) is 66.0 Å². The Morgan fingerprint density at radius 1 is 1.03 bits per heavy atom. The lowest BCUT2D eigenvalue weighted by Gasteiger charge is -2.31. The zero-order chi connectivity index (χ0) is 21.0. The number of hydrogen-bond donors (Lipinski definition) is 1. The van der Waals surface area contributed by atoms with Crippen LogP contribution in [0.3, 0.4) is 0 Å². The minimum atomic E-state index is -3.52. The second-order valence-corrected chi connectivity index (χ2v) is 8.96. The molecule has 8 nitrogen and oxygen atoms in total. The molecule has 1 fully saturated rings. The third-order valence-electron chi connectivity index (χ3n) is 5.14. The molecule has 3 aromatic rings. The second-order valence-electron chi connectivity index (χ2n) is 7.02. The van der Waals surface area contributed by atoms with Crippen molar-refractivity contribution in [2.45, 2.75) is 23.7 Å². The lowest BCUT2D eigenvalue weighted by Crippen LogP contribution is -2.38. The summed E-state index contributed by atoms with van der Waals surface area (Å²) in [5.41, 5.74) is 0.859. The fourth-order valence-electron chi connectivity index (χ4n) is 3.49. The van der Waals surface area contributed by atoms with Gasteiger partial charge in [-0.25, -0.2) is 18.4 Å². The summed E-state index contributed by atoms with van der Waals surface area (Å²) in [5, 5.41) is 3.15. The number of rotatable bonds is 6. The van der Waals surface area contributed by atoms with Gasteiger partial charge in [-0.3, -0.25) is 4.98 Å². The summed E-state index contributed by atoms with van der Waals surface area (Å²) >= 11 is 0. The van der Waals surface area contributed by atoms with Crippen molar-refractivity contribution in [2.75, 3.05) is 25.5 Å². The SMILES string of the molecule is COc1ccc(S(=O)(=O)N2CCC(c3cncc(Nc4ccccn4)n3)CC2)cc1. The summed E-state index contributed by atoms with van der Waals surface area (Å²) in [6.45, 7) is 0.886. The molecule has 1 aromatic carbocycles. The number of nitrogens with one attached hydrogen (secondary N) is 1. The molecule has 9 heteroatoms. The van der Waals surface area contributed by atoms with Gasteiger partial charge in [0, 0.05) is 31.4 Å². The van der Waals surface area contributed by atoms with E-state index in [1.54, 1.807) is 50.0 Å². The topological polar surface area (TPSA) is 97.3 Å². The first-order chi connectivity index (χ1) is 14.6. The number of aromatic nitrogens is 3. The van der Waals surface area contributed by atoms with Crippen LogP contribution in [-0.2, 0) is 10.0 Å². The van der Waals surface area contributed by atoms with E-state index in [1.807, 2.05) is 18.2 Å². The molecule has 0 radical (unpaired) electrons. The van der Waals surface area contributed by atoms with Crippen molar-refractivity contribution in [3.05, 3.63) is 66.7 Å². The van der Waals surface area contributed by atoms with E-state index in [1.165, 1.54) is 4.31 Å². The van der Waals surface area contributed by atoms with Crippen molar-refractivity contribution in [2.24, 2.45) is 0 Å². The summed E-state index contributed by atoms with van der Waals surface area (Å²) in [6.07, 6.45) is 6.50. The molecule has 0 bridgehead atoms. The van der Waals surface area contributed by atoms with Crippen molar-refractivity contribution in [3.63, 3.8) is 0 Å². The first kappa shape index (κ1) is 20.2. The molecule has 30 heavy (non-hydrogen) atoms. The zero-order valence-electron chi connectivity index (χ0n) is 16.6. The van der Waals surface area contributed by atoms with E-state index in [4.69, 9.17) is 4.74 Å². The van der Waals surface area contributed by atoms with E-state index in [2.05, 4.69) is 20.3 Å². The van der Waals surface area contributed by atoms with Crippen LogP contribution in [0.25, 0.3) is 0 Å². The molecule has 3 heterocycles. The maximum atomic E-state index is 12.9. The fourth-order valence-corrected chi connectivity index (χ4v) is 4.96. The van der Waals surface area contributed by atoms with Crippen LogP contribution in [0.1, 0.15) is 24.5 Å². The second kappa shape index (κ2) is 8.76. The molecular weight excluding hydrogens is 402 g/mol. The average molecular weight is 426 g/mol. The Morgan fingerprint density at radius 2 is 1.80 bits per heavy atom. The summed E-state index contributed by atoms with van der Waals surface area (Å²) < 4.78 is 32.5. The lowest BCUT2D eigenvalue weighted by atomic mass is 9.95. The van der Waals surface area contributed by atoms with Gasteiger partial charge < -0.3 is 10.1 Å². The molecule has 1 aliphatic rings. The molecule has 0 aliphatic carbocycles. The van der Waals surface area contributed by atoms with Crippen molar-refractivity contribution >= 4 is 21.7 Å². The number of hydrogen-bond acceptors (Lipinski definition) is 7. The molecule has 1 aliphatic heterocycles. The standard InChI is InChI=1S/C21H23N5O3S/c1-29-17-5-7-18(8-6-17)30(27,28)26-12-9-16(10-13-26)19-14-22-15-21(24-19)25-20-4-2-3-11-23-20/h2-8,11,14-16H,9-10,12-13H2,1H3,(H,23,24,25). The molecule has 156 valence electrons. The zero-order valence-corrected chi connectivity index (χ0v) is 17.4. The molecule has 2 aromatic heterocycles. The van der Waals surface area contributed by atoms with E-state index in [9.17, 15) is 8.42 Å². The van der Waals surface area contributed by atoms with Gasteiger partial charge in [-0.2, -0.15) is 4.31 Å². The van der Waals surface area contributed by atoms with Gasteiger partial charge in [0.2, 0.25) is 10.0 Å². The Balaban J connectivity index is 1.42. The van der Waals surface area contributed by atoms with Crippen molar-refractivity contribution < 1.29 is 13.2 Å². The fraction of sp³-hybridized carbons (Fsp3) is 0.286. The number of methoxy groups -OCH3 is 1. The maximum absolute atomic E-state index is 12.9. The van der Waals surface area contributed by atoms with Gasteiger partial charge in [-0.1, -0.05) is 6.07 Å². The highest BCUT2D eigenvalue weighted by Gasteiger charge is 2.30. The van der Waals surface area contributed by atoms with Gasteiger partial charge in [0.15, 0.2) is 0 Å². The smallest absolute Gasteiger partial charge is 0.243 e. The van der Waals surface area contributed by atoms with Gasteiger partial charge in [-0.15, -0.1) is 0 Å². The van der Waals surface area contributed by atoms with Gasteiger partial charge in [0.25, 0.3) is 0 Å². The Kier molecular flexibility index (Phi) is 5.91. The van der Waals surface area contributed by atoms with E-state index >= 15 is 0 Å². The number of anilines is 2. The molecule has 0 spiro atoms. The third kappa shape index (κ3) is 4.42. The highest BCUT2D eigenvalue weighted by Crippen LogP contribution is 2.30. The van der Waals surface area contributed by atoms with E-state index in [0.717, 1.165) is 5.69 Å². The molecule has 0 atom stereocenters. The molecular formula is C21H23N5O3S. The normalized spacial score (nSPS) is 15.6. The van der Waals surface area contributed by atoms with Crippen LogP contribution >= 0.6 is 0 Å². The quantitative estimate of drug-likeness (QED) is 0.648. The highest BCUT2D eigenvalue weighted by molar-refractivity contribution is 7.89. The number of pyridine rings is 1. The summed E-state index contributed by atoms with van der Waals surface area (Å²) in [5.74, 6) is 2.11. The Labute approximate surface area is 176 Å². The first-order valence-electron chi connectivity index (χ1n) is 9.70. The summed E-state index contributed by atoms with van der Waals surface area (Å²) in [4.78, 5) is 13.5. The minimum absolute atomic E-state index is 0.158. The number of nitrogens with zero attached hydrogens (tertiary/aromatic N) is 4. The van der Waals surface area contributed by atoms with Crippen LogP contribution in [0.4, 0.5) is 11.6 Å². The molecule has 0 unspecified atom stereocenters. The summed E-state index contributed by atoms with van der Waals surface area (Å²) in [7, 11) is -1.97. The molecule has 0 saturated carbocycles. The van der Waals surface area contributed by atoms with Gasteiger partial charge in [-0.05, 0) is 49.2 Å². The van der Waals surface area contributed by atoms with Gasteiger partial charge in [0.1, 0.15) is 17.4 Å². The van der Waals surface area contributed by atoms with Crippen molar-refractivity contribution in [1.82, 2.24) is 19.3 Å². The number of benzene rings is 1. The highest BCUT2D eigenvalue weighted by atomic mass is 32.2. The Bertz CT molecular complexity index is 1080. The summed E-state index contributed by atoms with van der Waals surface area (Å²) in [6, 6.07) is 12.1. The third-order valence-corrected chi connectivity index (χ3v) is 7.06. The monoisotopic (exact) mass is 425 g/mol. The minimum Gasteiger partial charge on any atom is -0.497 e. The van der Waals surface area contributed by atoms with E-state index in [-0.39, 0.29) is 10.8 Å². The first-order valence-corrected chi connectivity index (χ1v) is 11.1. The Morgan fingerprint density at radius 3 is 2.47 bits per heavy atom. The van der Waals surface area contributed by atoms with E-state index in [0.29, 0.717) is 43.3 Å². The average Bonchev–Trinajstić information content (AvgIpc) is 2.80. The molecule has 1 N–H and O–H groups in total. The van der Waals surface area contributed by atoms with Gasteiger partial charge in [0.05, 0.1) is 23.9 Å². The van der Waals surface area contributed by atoms with Crippen LogP contribution in [0.5, 0.6) is 5.75 Å². The van der Waals surface area contributed by atoms with Crippen LogP contribution < -0.4 is 10.1 Å². The van der Waals surface area contributed by atoms with Crippen LogP contribution in [0, 0.1) is 0 Å². The van der Waals surface area contributed by atoms with E-state index < -0.39 is 10.0 Å². The Hall–Kier alpha value is -3.04. The van der Waals surface area contributed by atoms with Crippen LogP contribution in [-0.4, -0.2) is 47.9 Å². The van der Waals surface area contributed by atoms with Crippen molar-refractivity contribution in [3.8, 4) is 5.75 Å². The maximum Gasteiger partial charge on any atom is 0.243 e. The molecule has 0 amide bonds. The molecule has 4 rings (SSSR count). The number of ether oxygens (including phenoxy) is 1. The lowest BCUT2D eigenvalue weighted by molar-refractivity contribution is 0.316. The largest absolute Gasteiger partial charge is 0.497 e. The predicted molar refractivity (Wildman–Crippen MR) is 113 cm³/mol. The number of piperidine rings is 1. The predicted octanol–water partition coefficient (Wildman–Crippen LogP) is 3.19.